The van der Waals surface area contributed by atoms with Gasteiger partial charge in [-0.15, -0.1) is 0 Å². The standard InChI is InChI=1S/C33H40N2O4/c1-2-38-32(36)28-12-14-30(15-13-28)35-18-16-33(17-19-35,39-25-22-34-20-23-37-24-21-34)26-29-10-6-7-11-31(29)27-8-4-3-5-9-27/h3-15H,2,16-26H2,1H3. The number of nitrogens with zero attached hydrogens (tertiary/aromatic N) is 2. The van der Waals surface area contributed by atoms with E-state index in [-0.39, 0.29) is 11.6 Å². The Morgan fingerprint density at radius 3 is 2.28 bits per heavy atom. The van der Waals surface area contributed by atoms with E-state index in [2.05, 4.69) is 64.4 Å². The zero-order valence-corrected chi connectivity index (χ0v) is 23.0. The van der Waals surface area contributed by atoms with E-state index in [9.17, 15) is 4.79 Å². The van der Waals surface area contributed by atoms with Gasteiger partial charge in [0.1, 0.15) is 0 Å². The van der Waals surface area contributed by atoms with Crippen LogP contribution in [-0.4, -0.2) is 75.6 Å². The fourth-order valence-electron chi connectivity index (χ4n) is 5.70. The molecule has 0 aliphatic carbocycles. The molecular weight excluding hydrogens is 488 g/mol. The van der Waals surface area contributed by atoms with Crippen LogP contribution in [0.1, 0.15) is 35.7 Å². The summed E-state index contributed by atoms with van der Waals surface area (Å²) >= 11 is 0. The molecule has 2 heterocycles. The first-order chi connectivity index (χ1) is 19.2. The molecule has 3 aromatic carbocycles. The molecule has 206 valence electrons. The fraction of sp³-hybridized carbons (Fsp3) is 0.424. The van der Waals surface area contributed by atoms with Crippen LogP contribution in [0.25, 0.3) is 11.1 Å². The normalized spacial score (nSPS) is 17.6. The van der Waals surface area contributed by atoms with Gasteiger partial charge < -0.3 is 19.1 Å². The molecule has 0 saturated carbocycles. The number of piperidine rings is 1. The van der Waals surface area contributed by atoms with Crippen LogP contribution >= 0.6 is 0 Å². The number of carbonyl (C=O) groups is 1. The lowest BCUT2D eigenvalue weighted by Gasteiger charge is -2.43. The summed E-state index contributed by atoms with van der Waals surface area (Å²) in [5.74, 6) is -0.271. The van der Waals surface area contributed by atoms with E-state index in [1.165, 1.54) is 16.7 Å². The summed E-state index contributed by atoms with van der Waals surface area (Å²) in [6, 6.07) is 27.2. The van der Waals surface area contributed by atoms with Gasteiger partial charge in [0.2, 0.25) is 0 Å². The summed E-state index contributed by atoms with van der Waals surface area (Å²) in [6.07, 6.45) is 2.77. The molecule has 2 aliphatic rings. The highest BCUT2D eigenvalue weighted by molar-refractivity contribution is 5.89. The maximum atomic E-state index is 12.1. The van der Waals surface area contributed by atoms with Crippen LogP contribution in [0.4, 0.5) is 5.69 Å². The van der Waals surface area contributed by atoms with E-state index in [1.54, 1.807) is 0 Å². The van der Waals surface area contributed by atoms with Crippen LogP contribution in [0, 0.1) is 0 Å². The molecular formula is C33H40N2O4. The minimum atomic E-state index is -0.271. The Labute approximate surface area is 232 Å². The number of benzene rings is 3. The summed E-state index contributed by atoms with van der Waals surface area (Å²) in [5.41, 5.74) is 5.37. The smallest absolute Gasteiger partial charge is 0.338 e. The summed E-state index contributed by atoms with van der Waals surface area (Å²) in [6.45, 7) is 9.24. The van der Waals surface area contributed by atoms with Crippen LogP contribution in [0.2, 0.25) is 0 Å². The van der Waals surface area contributed by atoms with Crippen molar-refractivity contribution >= 4 is 11.7 Å². The molecule has 3 aromatic rings. The molecule has 0 unspecified atom stereocenters. The van der Waals surface area contributed by atoms with Crippen molar-refractivity contribution in [2.24, 2.45) is 0 Å². The van der Waals surface area contributed by atoms with E-state index in [0.717, 1.165) is 77.5 Å². The number of morpholine rings is 1. The lowest BCUT2D eigenvalue weighted by atomic mass is 9.82. The number of hydrogen-bond donors (Lipinski definition) is 0. The summed E-state index contributed by atoms with van der Waals surface area (Å²) < 4.78 is 17.5. The van der Waals surface area contributed by atoms with E-state index >= 15 is 0 Å². The topological polar surface area (TPSA) is 51.2 Å². The Bertz CT molecular complexity index is 1180. The van der Waals surface area contributed by atoms with Crippen molar-refractivity contribution in [3.63, 3.8) is 0 Å². The maximum absolute atomic E-state index is 12.1. The van der Waals surface area contributed by atoms with Crippen molar-refractivity contribution in [3.05, 3.63) is 90.0 Å². The molecule has 0 atom stereocenters. The van der Waals surface area contributed by atoms with Gasteiger partial charge in [0.25, 0.3) is 0 Å². The molecule has 0 bridgehead atoms. The van der Waals surface area contributed by atoms with Crippen LogP contribution in [0.15, 0.2) is 78.9 Å². The van der Waals surface area contributed by atoms with Gasteiger partial charge in [-0.1, -0.05) is 54.6 Å². The highest BCUT2D eigenvalue weighted by atomic mass is 16.5. The van der Waals surface area contributed by atoms with Gasteiger partial charge >= 0.3 is 5.97 Å². The van der Waals surface area contributed by atoms with Crippen molar-refractivity contribution in [1.82, 2.24) is 4.90 Å². The quantitative estimate of drug-likeness (QED) is 0.326. The minimum absolute atomic E-state index is 0.224. The number of anilines is 1. The van der Waals surface area contributed by atoms with Gasteiger partial charge in [0.05, 0.1) is 37.6 Å². The highest BCUT2D eigenvalue weighted by Gasteiger charge is 2.36. The van der Waals surface area contributed by atoms with Gasteiger partial charge in [-0.2, -0.15) is 0 Å². The lowest BCUT2D eigenvalue weighted by Crippen LogP contribution is -2.49. The predicted octanol–water partition coefficient (Wildman–Crippen LogP) is 5.46. The summed E-state index contributed by atoms with van der Waals surface area (Å²) in [4.78, 5) is 16.9. The lowest BCUT2D eigenvalue weighted by molar-refractivity contribution is -0.0732. The monoisotopic (exact) mass is 528 g/mol. The molecule has 0 N–H and O–H groups in total. The van der Waals surface area contributed by atoms with Gasteiger partial charge in [0.15, 0.2) is 0 Å². The number of ether oxygens (including phenoxy) is 3. The molecule has 39 heavy (non-hydrogen) atoms. The number of esters is 1. The van der Waals surface area contributed by atoms with E-state index < -0.39 is 0 Å². The minimum Gasteiger partial charge on any atom is -0.462 e. The molecule has 2 fully saturated rings. The Hall–Kier alpha value is -3.19. The second kappa shape index (κ2) is 13.2. The number of hydrogen-bond acceptors (Lipinski definition) is 6. The van der Waals surface area contributed by atoms with Crippen molar-refractivity contribution < 1.29 is 19.0 Å². The Kier molecular flexibility index (Phi) is 9.30. The largest absolute Gasteiger partial charge is 0.462 e. The van der Waals surface area contributed by atoms with E-state index in [4.69, 9.17) is 14.2 Å². The zero-order valence-electron chi connectivity index (χ0n) is 23.0. The Morgan fingerprint density at radius 1 is 0.872 bits per heavy atom. The van der Waals surface area contributed by atoms with E-state index in [1.807, 2.05) is 31.2 Å². The van der Waals surface area contributed by atoms with Crippen LogP contribution in [0.3, 0.4) is 0 Å². The summed E-state index contributed by atoms with van der Waals surface area (Å²) in [5, 5.41) is 0. The average Bonchev–Trinajstić information content (AvgIpc) is 2.99. The molecule has 0 radical (unpaired) electrons. The highest BCUT2D eigenvalue weighted by Crippen LogP contribution is 2.35. The molecule has 2 aliphatic heterocycles. The fourth-order valence-corrected chi connectivity index (χ4v) is 5.70. The third kappa shape index (κ3) is 7.07. The molecule has 6 heteroatoms. The van der Waals surface area contributed by atoms with Crippen molar-refractivity contribution in [2.75, 3.05) is 64.1 Å². The third-order valence-corrected chi connectivity index (χ3v) is 7.95. The van der Waals surface area contributed by atoms with Crippen molar-refractivity contribution in [1.29, 1.82) is 0 Å². The van der Waals surface area contributed by atoms with Gasteiger partial charge in [-0.3, -0.25) is 4.90 Å². The van der Waals surface area contributed by atoms with Crippen LogP contribution in [0.5, 0.6) is 0 Å². The second-order valence-corrected chi connectivity index (χ2v) is 10.4. The number of carbonyl (C=O) groups excluding carboxylic acids is 1. The molecule has 6 nitrogen and oxygen atoms in total. The van der Waals surface area contributed by atoms with Crippen LogP contribution < -0.4 is 4.90 Å². The molecule has 0 spiro atoms. The average molecular weight is 529 g/mol. The van der Waals surface area contributed by atoms with Crippen molar-refractivity contribution in [3.8, 4) is 11.1 Å². The molecule has 0 amide bonds. The Morgan fingerprint density at radius 2 is 1.56 bits per heavy atom. The summed E-state index contributed by atoms with van der Waals surface area (Å²) in [7, 11) is 0. The number of rotatable bonds is 10. The molecule has 2 saturated heterocycles. The molecule has 5 rings (SSSR count). The molecule has 0 aromatic heterocycles. The first kappa shape index (κ1) is 27.4. The maximum Gasteiger partial charge on any atom is 0.338 e. The third-order valence-electron chi connectivity index (χ3n) is 7.95. The zero-order chi connectivity index (χ0) is 26.9. The predicted molar refractivity (Wildman–Crippen MR) is 155 cm³/mol. The van der Waals surface area contributed by atoms with Crippen LogP contribution in [-0.2, 0) is 20.6 Å². The SMILES string of the molecule is CCOC(=O)c1ccc(N2CCC(Cc3ccccc3-c3ccccc3)(OCCN3CCOCC3)CC2)cc1. The first-order valence-electron chi connectivity index (χ1n) is 14.3. The first-order valence-corrected chi connectivity index (χ1v) is 14.3. The van der Waals surface area contributed by atoms with E-state index in [0.29, 0.717) is 12.2 Å². The van der Waals surface area contributed by atoms with Crippen molar-refractivity contribution in [2.45, 2.75) is 31.8 Å². The Balaban J connectivity index is 1.31. The van der Waals surface area contributed by atoms with Gasteiger partial charge in [0, 0.05) is 44.8 Å². The van der Waals surface area contributed by atoms with Gasteiger partial charge in [-0.05, 0) is 60.7 Å². The van der Waals surface area contributed by atoms with Gasteiger partial charge in [-0.25, -0.2) is 4.79 Å². The second-order valence-electron chi connectivity index (χ2n) is 10.4.